The number of nitrogens with zero attached hydrogens (tertiary/aromatic N) is 2. The molecule has 3 aromatic rings. The van der Waals surface area contributed by atoms with Crippen molar-refractivity contribution in [2.75, 3.05) is 10.6 Å². The minimum Gasteiger partial charge on any atom is -0.326 e. The molecule has 28 heavy (non-hydrogen) atoms. The number of hydrogen-bond donors (Lipinski definition) is 2. The zero-order chi connectivity index (χ0) is 20.1. The van der Waals surface area contributed by atoms with E-state index in [0.29, 0.717) is 32.8 Å². The molecule has 0 saturated heterocycles. The van der Waals surface area contributed by atoms with Crippen molar-refractivity contribution in [1.82, 2.24) is 10.2 Å². The summed E-state index contributed by atoms with van der Waals surface area (Å²) < 4.78 is 0. The summed E-state index contributed by atoms with van der Waals surface area (Å²) in [5.74, 6) is -0.532. The number of aryl methyl sites for hydroxylation is 2. The Kier molecular flexibility index (Phi) is 6.61. The van der Waals surface area contributed by atoms with E-state index in [4.69, 9.17) is 23.2 Å². The lowest BCUT2D eigenvalue weighted by Gasteiger charge is -2.08. The number of carbonyl (C=O) groups excluding carboxylic acids is 2. The molecule has 2 amide bonds. The number of hydrogen-bond acceptors (Lipinski definition) is 5. The molecule has 0 bridgehead atoms. The number of halogens is 2. The van der Waals surface area contributed by atoms with Gasteiger partial charge < -0.3 is 10.6 Å². The van der Waals surface area contributed by atoms with Crippen LogP contribution in [0.3, 0.4) is 0 Å². The minimum atomic E-state index is -0.370. The molecular formula is C19H16Cl2N4O2S. The first kappa shape index (κ1) is 20.3. The van der Waals surface area contributed by atoms with E-state index in [2.05, 4.69) is 20.8 Å². The van der Waals surface area contributed by atoms with E-state index in [9.17, 15) is 9.59 Å². The van der Waals surface area contributed by atoms with Crippen LogP contribution >= 0.6 is 34.5 Å². The number of benzene rings is 2. The van der Waals surface area contributed by atoms with Crippen molar-refractivity contribution in [2.45, 2.75) is 19.8 Å². The van der Waals surface area contributed by atoms with Crippen LogP contribution in [0.2, 0.25) is 10.0 Å². The first-order chi connectivity index (χ1) is 13.4. The van der Waals surface area contributed by atoms with Gasteiger partial charge in [-0.15, -0.1) is 10.2 Å². The van der Waals surface area contributed by atoms with E-state index >= 15 is 0 Å². The van der Waals surface area contributed by atoms with Crippen LogP contribution in [-0.4, -0.2) is 22.0 Å². The van der Waals surface area contributed by atoms with E-state index in [0.717, 1.165) is 16.9 Å². The second kappa shape index (κ2) is 9.14. The zero-order valence-corrected chi connectivity index (χ0v) is 17.2. The Bertz CT molecular complexity index is 1020. The Morgan fingerprint density at radius 3 is 2.61 bits per heavy atom. The molecule has 0 radical (unpaired) electrons. The van der Waals surface area contributed by atoms with Gasteiger partial charge in [0.2, 0.25) is 10.9 Å². The Morgan fingerprint density at radius 1 is 1.04 bits per heavy atom. The molecule has 0 atom stereocenters. The standard InChI is InChI=1S/C19H16Cl2N4O2S/c1-11-5-6-13(21)10-15(11)23-16(26)7-8-17-24-25-19(28-17)18(27)22-14-4-2-3-12(20)9-14/h2-6,9-10H,7-8H2,1H3,(H,22,27)(H,23,26). The Hall–Kier alpha value is -2.48. The summed E-state index contributed by atoms with van der Waals surface area (Å²) in [6.45, 7) is 1.89. The fourth-order valence-electron chi connectivity index (χ4n) is 2.36. The van der Waals surface area contributed by atoms with Crippen molar-refractivity contribution < 1.29 is 9.59 Å². The van der Waals surface area contributed by atoms with E-state index in [1.54, 1.807) is 36.4 Å². The number of aromatic nitrogens is 2. The van der Waals surface area contributed by atoms with Crippen molar-refractivity contribution >= 4 is 57.7 Å². The maximum absolute atomic E-state index is 12.2. The quantitative estimate of drug-likeness (QED) is 0.572. The van der Waals surface area contributed by atoms with Crippen LogP contribution in [0, 0.1) is 6.92 Å². The summed E-state index contributed by atoms with van der Waals surface area (Å²) in [6.07, 6.45) is 0.601. The normalized spacial score (nSPS) is 10.5. The molecule has 6 nitrogen and oxygen atoms in total. The maximum atomic E-state index is 12.2. The van der Waals surface area contributed by atoms with E-state index < -0.39 is 0 Å². The fraction of sp³-hybridized carbons (Fsp3) is 0.158. The molecule has 9 heteroatoms. The number of amides is 2. The molecule has 1 heterocycles. The molecule has 1 aromatic heterocycles. The van der Waals surface area contributed by atoms with Crippen LogP contribution in [0.1, 0.15) is 26.8 Å². The van der Waals surface area contributed by atoms with Gasteiger partial charge in [-0.1, -0.05) is 46.7 Å². The van der Waals surface area contributed by atoms with Crippen LogP contribution in [0.15, 0.2) is 42.5 Å². The highest BCUT2D eigenvalue weighted by Gasteiger charge is 2.14. The third-order valence-corrected chi connectivity index (χ3v) is 5.24. The van der Waals surface area contributed by atoms with Crippen LogP contribution < -0.4 is 10.6 Å². The number of rotatable bonds is 6. The summed E-state index contributed by atoms with van der Waals surface area (Å²) >= 11 is 13.0. The lowest BCUT2D eigenvalue weighted by atomic mass is 10.2. The summed E-state index contributed by atoms with van der Waals surface area (Å²) in [7, 11) is 0. The molecule has 2 N–H and O–H groups in total. The molecule has 0 fully saturated rings. The maximum Gasteiger partial charge on any atom is 0.286 e. The van der Waals surface area contributed by atoms with Crippen LogP contribution in [-0.2, 0) is 11.2 Å². The molecule has 144 valence electrons. The number of nitrogens with one attached hydrogen (secondary N) is 2. The molecular weight excluding hydrogens is 419 g/mol. The van der Waals surface area contributed by atoms with E-state index in [-0.39, 0.29) is 23.2 Å². The molecule has 0 aliphatic heterocycles. The molecule has 3 rings (SSSR count). The van der Waals surface area contributed by atoms with Crippen molar-refractivity contribution in [1.29, 1.82) is 0 Å². The number of anilines is 2. The van der Waals surface area contributed by atoms with Gasteiger partial charge in [0.05, 0.1) is 0 Å². The topological polar surface area (TPSA) is 84.0 Å². The second-order valence-corrected chi connectivity index (χ2v) is 7.91. The average molecular weight is 435 g/mol. The molecule has 2 aromatic carbocycles. The highest BCUT2D eigenvalue weighted by molar-refractivity contribution is 7.13. The SMILES string of the molecule is Cc1ccc(Cl)cc1NC(=O)CCc1nnc(C(=O)Nc2cccc(Cl)c2)s1. The predicted molar refractivity (Wildman–Crippen MR) is 112 cm³/mol. The molecule has 0 aliphatic carbocycles. The molecule has 0 unspecified atom stereocenters. The third-order valence-electron chi connectivity index (χ3n) is 3.78. The number of carbonyl (C=O) groups is 2. The summed E-state index contributed by atoms with van der Waals surface area (Å²) in [5, 5.41) is 15.3. The van der Waals surface area contributed by atoms with Crippen LogP contribution in [0.4, 0.5) is 11.4 Å². The molecule has 0 spiro atoms. The van der Waals surface area contributed by atoms with Gasteiger partial charge >= 0.3 is 0 Å². The molecule has 0 saturated carbocycles. The lowest BCUT2D eigenvalue weighted by Crippen LogP contribution is -2.13. The first-order valence-corrected chi connectivity index (χ1v) is 9.93. The van der Waals surface area contributed by atoms with E-state index in [1.165, 1.54) is 0 Å². The second-order valence-electron chi connectivity index (χ2n) is 5.97. The Balaban J connectivity index is 1.54. The van der Waals surface area contributed by atoms with Crippen molar-refractivity contribution in [3.05, 3.63) is 68.1 Å². The smallest absolute Gasteiger partial charge is 0.286 e. The molecule has 0 aliphatic rings. The summed E-state index contributed by atoms with van der Waals surface area (Å²) in [4.78, 5) is 24.4. The zero-order valence-electron chi connectivity index (χ0n) is 14.8. The van der Waals surface area contributed by atoms with E-state index in [1.807, 2.05) is 13.0 Å². The van der Waals surface area contributed by atoms with Crippen molar-refractivity contribution in [2.24, 2.45) is 0 Å². The van der Waals surface area contributed by atoms with Crippen LogP contribution in [0.5, 0.6) is 0 Å². The van der Waals surface area contributed by atoms with Crippen LogP contribution in [0.25, 0.3) is 0 Å². The summed E-state index contributed by atoms with van der Waals surface area (Å²) in [5.41, 5.74) is 2.18. The largest absolute Gasteiger partial charge is 0.326 e. The monoisotopic (exact) mass is 434 g/mol. The Morgan fingerprint density at radius 2 is 1.82 bits per heavy atom. The van der Waals surface area contributed by atoms with Gasteiger partial charge in [-0.2, -0.15) is 0 Å². The third kappa shape index (κ3) is 5.51. The van der Waals surface area contributed by atoms with Gasteiger partial charge in [-0.05, 0) is 42.8 Å². The summed E-state index contributed by atoms with van der Waals surface area (Å²) in [6, 6.07) is 12.1. The highest BCUT2D eigenvalue weighted by atomic mass is 35.5. The van der Waals surface area contributed by atoms with Crippen molar-refractivity contribution in [3.63, 3.8) is 0 Å². The highest BCUT2D eigenvalue weighted by Crippen LogP contribution is 2.21. The van der Waals surface area contributed by atoms with Gasteiger partial charge in [0, 0.05) is 34.3 Å². The van der Waals surface area contributed by atoms with Gasteiger partial charge in [0.25, 0.3) is 5.91 Å². The fourth-order valence-corrected chi connectivity index (χ4v) is 3.46. The lowest BCUT2D eigenvalue weighted by molar-refractivity contribution is -0.116. The average Bonchev–Trinajstić information content (AvgIpc) is 3.12. The van der Waals surface area contributed by atoms with Gasteiger partial charge in [0.1, 0.15) is 5.01 Å². The van der Waals surface area contributed by atoms with Crippen molar-refractivity contribution in [3.8, 4) is 0 Å². The predicted octanol–water partition coefficient (Wildman–Crippen LogP) is 4.98. The Labute approximate surface area is 175 Å². The van der Waals surface area contributed by atoms with Gasteiger partial charge in [-0.3, -0.25) is 9.59 Å². The minimum absolute atomic E-state index is 0.162. The van der Waals surface area contributed by atoms with Gasteiger partial charge in [-0.25, -0.2) is 0 Å². The first-order valence-electron chi connectivity index (χ1n) is 8.36. The van der Waals surface area contributed by atoms with Gasteiger partial charge in [0.15, 0.2) is 0 Å².